The van der Waals surface area contributed by atoms with Gasteiger partial charge in [0.15, 0.2) is 0 Å². The summed E-state index contributed by atoms with van der Waals surface area (Å²) in [6, 6.07) is 12.6. The van der Waals surface area contributed by atoms with Crippen LogP contribution in [0.3, 0.4) is 0 Å². The van der Waals surface area contributed by atoms with E-state index in [9.17, 15) is 13.6 Å². The van der Waals surface area contributed by atoms with Gasteiger partial charge in [0.2, 0.25) is 5.91 Å². The van der Waals surface area contributed by atoms with Gasteiger partial charge < -0.3 is 5.32 Å². The van der Waals surface area contributed by atoms with Crippen LogP contribution >= 0.6 is 15.9 Å². The minimum atomic E-state index is -0.488. The third-order valence-electron chi connectivity index (χ3n) is 3.27. The molecule has 0 aromatic heterocycles. The largest absolute Gasteiger partial charge is 0.355 e. The summed E-state index contributed by atoms with van der Waals surface area (Å²) < 4.78 is 26.3. The molecule has 2 rings (SSSR count). The molecule has 22 heavy (non-hydrogen) atoms. The van der Waals surface area contributed by atoms with Crippen LogP contribution < -0.4 is 5.32 Å². The monoisotopic (exact) mass is 367 g/mol. The van der Waals surface area contributed by atoms with Crippen LogP contribution in [0.4, 0.5) is 8.78 Å². The Hall–Kier alpha value is -1.75. The predicted octanol–water partition coefficient (Wildman–Crippen LogP) is 3.63. The first kappa shape index (κ1) is 16.6. The molecule has 0 spiro atoms. The zero-order chi connectivity index (χ0) is 15.9. The summed E-state index contributed by atoms with van der Waals surface area (Å²) in [7, 11) is 0. The molecular weight excluding hydrogens is 352 g/mol. The Bertz CT molecular complexity index is 631. The van der Waals surface area contributed by atoms with Crippen molar-refractivity contribution in [3.63, 3.8) is 0 Å². The summed E-state index contributed by atoms with van der Waals surface area (Å²) in [6.45, 7) is 0.448. The number of nitrogens with one attached hydrogen (secondary N) is 1. The van der Waals surface area contributed by atoms with Gasteiger partial charge in [-0.15, -0.1) is 0 Å². The van der Waals surface area contributed by atoms with E-state index < -0.39 is 4.83 Å². The van der Waals surface area contributed by atoms with Gasteiger partial charge >= 0.3 is 0 Å². The molecule has 0 aliphatic rings. The normalized spacial score (nSPS) is 12.0. The molecule has 0 bridgehead atoms. The van der Waals surface area contributed by atoms with Crippen molar-refractivity contribution < 1.29 is 13.6 Å². The fourth-order valence-corrected chi connectivity index (χ4v) is 2.55. The number of benzene rings is 2. The number of amides is 1. The van der Waals surface area contributed by atoms with E-state index in [2.05, 4.69) is 21.2 Å². The Labute approximate surface area is 136 Å². The number of rotatable bonds is 6. The van der Waals surface area contributed by atoms with Crippen molar-refractivity contribution in [3.8, 4) is 0 Å². The third-order valence-corrected chi connectivity index (χ3v) is 4.01. The Morgan fingerprint density at radius 1 is 1.09 bits per heavy atom. The Balaban J connectivity index is 1.79. The zero-order valence-electron chi connectivity index (χ0n) is 11.9. The lowest BCUT2D eigenvalue weighted by Gasteiger charge is -2.11. The van der Waals surface area contributed by atoms with E-state index in [4.69, 9.17) is 0 Å². The minimum absolute atomic E-state index is 0.189. The molecular formula is C17H16BrF2NO. The first-order chi connectivity index (χ1) is 10.6. The van der Waals surface area contributed by atoms with E-state index in [0.717, 1.165) is 5.56 Å². The van der Waals surface area contributed by atoms with Gasteiger partial charge in [-0.3, -0.25) is 4.79 Å². The molecule has 2 aromatic carbocycles. The van der Waals surface area contributed by atoms with Gasteiger partial charge in [0.25, 0.3) is 0 Å². The van der Waals surface area contributed by atoms with Crippen molar-refractivity contribution in [2.45, 2.75) is 17.7 Å². The fraction of sp³-hybridized carbons (Fsp3) is 0.235. The summed E-state index contributed by atoms with van der Waals surface area (Å²) in [5, 5.41) is 2.78. The van der Waals surface area contributed by atoms with E-state index in [1.54, 1.807) is 30.3 Å². The van der Waals surface area contributed by atoms with Crippen LogP contribution in [0.25, 0.3) is 0 Å². The Morgan fingerprint density at radius 3 is 2.45 bits per heavy atom. The Morgan fingerprint density at radius 2 is 1.77 bits per heavy atom. The maximum Gasteiger partial charge on any atom is 0.234 e. The van der Waals surface area contributed by atoms with E-state index in [1.807, 2.05) is 0 Å². The zero-order valence-corrected chi connectivity index (χ0v) is 13.4. The van der Waals surface area contributed by atoms with Gasteiger partial charge in [0, 0.05) is 6.54 Å². The molecule has 0 heterocycles. The molecule has 0 aliphatic heterocycles. The molecule has 1 atom stereocenters. The lowest BCUT2D eigenvalue weighted by atomic mass is 10.1. The Kier molecular flexibility index (Phi) is 6.07. The molecule has 2 aromatic rings. The number of alkyl halides is 1. The SMILES string of the molecule is O=C(NCCc1ccc(F)cc1)C(Br)Cc1ccccc1F. The van der Waals surface area contributed by atoms with Gasteiger partial charge in [-0.1, -0.05) is 46.3 Å². The molecule has 2 nitrogen and oxygen atoms in total. The molecule has 1 N–H and O–H groups in total. The summed E-state index contributed by atoms with van der Waals surface area (Å²) in [5.74, 6) is -0.783. The van der Waals surface area contributed by atoms with Crippen LogP contribution in [0.15, 0.2) is 48.5 Å². The lowest BCUT2D eigenvalue weighted by Crippen LogP contribution is -2.33. The first-order valence-corrected chi connectivity index (χ1v) is 7.87. The lowest BCUT2D eigenvalue weighted by molar-refractivity contribution is -0.120. The first-order valence-electron chi connectivity index (χ1n) is 6.96. The molecule has 0 fully saturated rings. The van der Waals surface area contributed by atoms with Crippen LogP contribution in [0, 0.1) is 11.6 Å². The van der Waals surface area contributed by atoms with Crippen molar-refractivity contribution >= 4 is 21.8 Å². The molecule has 116 valence electrons. The molecule has 0 saturated carbocycles. The highest BCUT2D eigenvalue weighted by Crippen LogP contribution is 2.13. The van der Waals surface area contributed by atoms with Crippen LogP contribution in [-0.2, 0) is 17.6 Å². The molecule has 1 amide bonds. The fourth-order valence-electron chi connectivity index (χ4n) is 2.04. The number of hydrogen-bond donors (Lipinski definition) is 1. The van der Waals surface area contributed by atoms with E-state index >= 15 is 0 Å². The van der Waals surface area contributed by atoms with Crippen molar-refractivity contribution in [1.82, 2.24) is 5.32 Å². The van der Waals surface area contributed by atoms with Crippen molar-refractivity contribution in [3.05, 3.63) is 71.3 Å². The highest BCUT2D eigenvalue weighted by atomic mass is 79.9. The maximum atomic E-state index is 13.5. The van der Waals surface area contributed by atoms with Gasteiger partial charge in [-0.25, -0.2) is 8.78 Å². The van der Waals surface area contributed by atoms with Crippen molar-refractivity contribution in [1.29, 1.82) is 0 Å². The molecule has 1 unspecified atom stereocenters. The second kappa shape index (κ2) is 8.03. The van der Waals surface area contributed by atoms with Crippen LogP contribution in [0.5, 0.6) is 0 Å². The third kappa shape index (κ3) is 4.91. The maximum absolute atomic E-state index is 13.5. The summed E-state index contributed by atoms with van der Waals surface area (Å²) >= 11 is 3.28. The smallest absolute Gasteiger partial charge is 0.234 e. The standard InChI is InChI=1S/C17H16BrF2NO/c18-15(11-13-3-1-2-4-16(13)20)17(22)21-10-9-12-5-7-14(19)8-6-12/h1-8,15H,9-11H2,(H,21,22). The number of carbonyl (C=O) groups is 1. The van der Waals surface area contributed by atoms with E-state index in [1.165, 1.54) is 18.2 Å². The molecule has 0 radical (unpaired) electrons. The molecule has 0 aliphatic carbocycles. The topological polar surface area (TPSA) is 29.1 Å². The predicted molar refractivity (Wildman–Crippen MR) is 85.9 cm³/mol. The summed E-state index contributed by atoms with van der Waals surface area (Å²) in [5.41, 5.74) is 1.44. The number of hydrogen-bond acceptors (Lipinski definition) is 1. The van der Waals surface area contributed by atoms with Gasteiger partial charge in [-0.2, -0.15) is 0 Å². The van der Waals surface area contributed by atoms with E-state index in [-0.39, 0.29) is 24.0 Å². The van der Waals surface area contributed by atoms with Gasteiger partial charge in [0.1, 0.15) is 11.6 Å². The van der Waals surface area contributed by atoms with Gasteiger partial charge in [-0.05, 0) is 42.2 Å². The number of carbonyl (C=O) groups excluding carboxylic acids is 1. The molecule has 5 heteroatoms. The average Bonchev–Trinajstić information content (AvgIpc) is 2.51. The van der Waals surface area contributed by atoms with Crippen LogP contribution in [-0.4, -0.2) is 17.3 Å². The van der Waals surface area contributed by atoms with E-state index in [0.29, 0.717) is 18.5 Å². The second-order valence-corrected chi connectivity index (χ2v) is 6.04. The van der Waals surface area contributed by atoms with Crippen LogP contribution in [0.2, 0.25) is 0 Å². The van der Waals surface area contributed by atoms with Crippen LogP contribution in [0.1, 0.15) is 11.1 Å². The summed E-state index contributed by atoms with van der Waals surface area (Å²) in [4.78, 5) is 11.5. The highest BCUT2D eigenvalue weighted by Gasteiger charge is 2.16. The molecule has 0 saturated heterocycles. The second-order valence-electron chi connectivity index (χ2n) is 4.93. The van der Waals surface area contributed by atoms with Crippen molar-refractivity contribution in [2.24, 2.45) is 0 Å². The highest BCUT2D eigenvalue weighted by molar-refractivity contribution is 9.10. The van der Waals surface area contributed by atoms with Gasteiger partial charge in [0.05, 0.1) is 4.83 Å². The van der Waals surface area contributed by atoms with Crippen molar-refractivity contribution in [2.75, 3.05) is 6.54 Å². The quantitative estimate of drug-likeness (QED) is 0.776. The summed E-state index contributed by atoms with van der Waals surface area (Å²) in [6.07, 6.45) is 0.903. The average molecular weight is 368 g/mol. The minimum Gasteiger partial charge on any atom is -0.355 e. The number of halogens is 3.